The largest absolute Gasteiger partial charge is 0.492 e. The summed E-state index contributed by atoms with van der Waals surface area (Å²) in [6.07, 6.45) is 8.03. The van der Waals surface area contributed by atoms with Crippen molar-refractivity contribution in [2.75, 3.05) is 6.61 Å². The second-order valence-electron chi connectivity index (χ2n) is 10.5. The van der Waals surface area contributed by atoms with Crippen LogP contribution in [0.25, 0.3) is 11.1 Å². The molecule has 7 nitrogen and oxygen atoms in total. The number of aromatic nitrogens is 3. The molecule has 0 saturated carbocycles. The number of para-hydroxylation sites is 1. The first-order valence-electron chi connectivity index (χ1n) is 14.1. The molecule has 6 rings (SSSR count). The second-order valence-corrected chi connectivity index (χ2v) is 10.9. The number of carbonyl (C=O) groups excluding carboxylic acids is 1. The molecule has 42 heavy (non-hydrogen) atoms. The number of aryl methyl sites for hydroxylation is 1. The number of ether oxygens (including phenoxy) is 1. The average molecular weight is 578 g/mol. The van der Waals surface area contributed by atoms with Crippen LogP contribution in [0, 0.1) is 6.92 Å². The molecular weight excluding hydrogens is 546 g/mol. The number of nitrogens with one attached hydrogen (secondary N) is 2. The van der Waals surface area contributed by atoms with Crippen molar-refractivity contribution in [3.8, 4) is 16.9 Å². The number of halogens is 1. The number of pyridine rings is 1. The Kier molecular flexibility index (Phi) is 8.30. The van der Waals surface area contributed by atoms with Crippen molar-refractivity contribution in [3.63, 3.8) is 0 Å². The Bertz CT molecular complexity index is 1680. The molecule has 1 atom stereocenters. The van der Waals surface area contributed by atoms with Crippen molar-refractivity contribution < 1.29 is 9.53 Å². The zero-order chi connectivity index (χ0) is 28.9. The van der Waals surface area contributed by atoms with Crippen molar-refractivity contribution in [2.45, 2.75) is 39.0 Å². The smallest absolute Gasteiger partial charge is 0.255 e. The predicted molar refractivity (Wildman–Crippen MR) is 164 cm³/mol. The highest BCUT2D eigenvalue weighted by Gasteiger charge is 2.26. The lowest BCUT2D eigenvalue weighted by Gasteiger charge is -2.28. The number of benzene rings is 3. The number of fused-ring (bicyclic) bond motifs is 1. The lowest BCUT2D eigenvalue weighted by atomic mass is 9.97. The van der Waals surface area contributed by atoms with Gasteiger partial charge in [-0.3, -0.25) is 9.78 Å². The molecule has 1 unspecified atom stereocenters. The third-order valence-corrected chi connectivity index (χ3v) is 7.89. The van der Waals surface area contributed by atoms with Gasteiger partial charge in [0.25, 0.3) is 5.91 Å². The van der Waals surface area contributed by atoms with Crippen molar-refractivity contribution >= 4 is 17.5 Å². The predicted octanol–water partition coefficient (Wildman–Crippen LogP) is 6.50. The van der Waals surface area contributed by atoms with Crippen LogP contribution >= 0.6 is 11.6 Å². The van der Waals surface area contributed by atoms with Gasteiger partial charge in [0.05, 0.1) is 24.2 Å². The molecule has 0 saturated heterocycles. The summed E-state index contributed by atoms with van der Waals surface area (Å²) < 4.78 is 8.18. The van der Waals surface area contributed by atoms with Gasteiger partial charge >= 0.3 is 0 Å². The maximum Gasteiger partial charge on any atom is 0.255 e. The first kappa shape index (κ1) is 27.7. The van der Waals surface area contributed by atoms with E-state index in [0.29, 0.717) is 31.0 Å². The van der Waals surface area contributed by atoms with E-state index in [4.69, 9.17) is 16.3 Å². The molecule has 0 fully saturated rings. The zero-order valence-electron chi connectivity index (χ0n) is 23.4. The minimum Gasteiger partial charge on any atom is -0.492 e. The Morgan fingerprint density at radius 3 is 2.64 bits per heavy atom. The summed E-state index contributed by atoms with van der Waals surface area (Å²) >= 11 is 6.14. The highest BCUT2D eigenvalue weighted by atomic mass is 35.5. The molecule has 1 aliphatic heterocycles. The average Bonchev–Trinajstić information content (AvgIpc) is 3.46. The zero-order valence-corrected chi connectivity index (χ0v) is 24.1. The van der Waals surface area contributed by atoms with E-state index in [0.717, 1.165) is 40.4 Å². The molecule has 2 aromatic heterocycles. The van der Waals surface area contributed by atoms with Crippen molar-refractivity contribution in [1.29, 1.82) is 0 Å². The van der Waals surface area contributed by atoms with E-state index in [2.05, 4.69) is 62.4 Å². The Balaban J connectivity index is 1.11. The normalized spacial score (nSPS) is 14.2. The van der Waals surface area contributed by atoms with Gasteiger partial charge in [0, 0.05) is 61.3 Å². The summed E-state index contributed by atoms with van der Waals surface area (Å²) in [5.41, 5.74) is 8.34. The fraction of sp³-hybridized carbons (Fsp3) is 0.206. The Labute approximate surface area is 250 Å². The third kappa shape index (κ3) is 6.22. The number of hydrogen-bond acceptors (Lipinski definition) is 5. The highest BCUT2D eigenvalue weighted by Crippen LogP contribution is 2.35. The Morgan fingerprint density at radius 1 is 1.00 bits per heavy atom. The summed E-state index contributed by atoms with van der Waals surface area (Å²) in [4.78, 5) is 21.5. The van der Waals surface area contributed by atoms with E-state index >= 15 is 0 Å². The standard InChI is InChI=1S/C34H32ClN5O2/c1-23-17-27(35)9-10-29(23)26-7-5-25(6-8-26)21-40-22-37-19-28(40)20-38-32-13-16-42-33-30(32)3-2-4-31(33)34(41)39-18-24-11-14-36-15-12-24/h2-12,14-15,17,19,22,32,38H,13,16,18,20-21H2,1H3,(H,39,41). The fourth-order valence-corrected chi connectivity index (χ4v) is 5.62. The third-order valence-electron chi connectivity index (χ3n) is 7.66. The molecule has 0 radical (unpaired) electrons. The molecule has 3 aromatic carbocycles. The fourth-order valence-electron chi connectivity index (χ4n) is 5.40. The number of hydrogen-bond donors (Lipinski definition) is 2. The Morgan fingerprint density at radius 2 is 1.83 bits per heavy atom. The molecular formula is C34H32ClN5O2. The van der Waals surface area contributed by atoms with Crippen LogP contribution in [0.3, 0.4) is 0 Å². The quantitative estimate of drug-likeness (QED) is 0.209. The molecule has 0 spiro atoms. The molecule has 3 heterocycles. The maximum atomic E-state index is 13.0. The number of nitrogens with zero attached hydrogens (tertiary/aromatic N) is 3. The molecule has 2 N–H and O–H groups in total. The topological polar surface area (TPSA) is 81.1 Å². The lowest BCUT2D eigenvalue weighted by molar-refractivity contribution is 0.0945. The van der Waals surface area contributed by atoms with Crippen LogP contribution < -0.4 is 15.4 Å². The maximum absolute atomic E-state index is 13.0. The van der Waals surface area contributed by atoms with Crippen LogP contribution in [0.4, 0.5) is 0 Å². The van der Waals surface area contributed by atoms with E-state index < -0.39 is 0 Å². The number of carbonyl (C=O) groups is 1. The van der Waals surface area contributed by atoms with Crippen LogP contribution in [0.5, 0.6) is 5.75 Å². The van der Waals surface area contributed by atoms with Gasteiger partial charge in [-0.05, 0) is 65.1 Å². The van der Waals surface area contributed by atoms with Gasteiger partial charge < -0.3 is 19.9 Å². The van der Waals surface area contributed by atoms with Crippen LogP contribution in [-0.2, 0) is 19.6 Å². The van der Waals surface area contributed by atoms with Crippen LogP contribution in [0.15, 0.2) is 97.7 Å². The van der Waals surface area contributed by atoms with Gasteiger partial charge in [-0.2, -0.15) is 0 Å². The SMILES string of the molecule is Cc1cc(Cl)ccc1-c1ccc(Cn2cncc2CNC2CCOc3c(C(=O)NCc4ccncc4)cccc32)cc1. The summed E-state index contributed by atoms with van der Waals surface area (Å²) in [6.45, 7) is 4.42. The van der Waals surface area contributed by atoms with Crippen LogP contribution in [0.2, 0.25) is 5.02 Å². The van der Waals surface area contributed by atoms with Gasteiger partial charge in [0.2, 0.25) is 0 Å². The first-order valence-corrected chi connectivity index (χ1v) is 14.4. The molecule has 0 bridgehead atoms. The molecule has 1 amide bonds. The van der Waals surface area contributed by atoms with Gasteiger partial charge in [-0.15, -0.1) is 0 Å². The van der Waals surface area contributed by atoms with Gasteiger partial charge in [-0.1, -0.05) is 54.1 Å². The van der Waals surface area contributed by atoms with Crippen LogP contribution in [-0.4, -0.2) is 27.0 Å². The Hall–Kier alpha value is -4.46. The summed E-state index contributed by atoms with van der Waals surface area (Å²) in [6, 6.07) is 24.2. The number of imidazole rings is 1. The summed E-state index contributed by atoms with van der Waals surface area (Å²) in [7, 11) is 0. The number of rotatable bonds is 9. The molecule has 1 aliphatic rings. The summed E-state index contributed by atoms with van der Waals surface area (Å²) in [5, 5.41) is 7.43. The minimum absolute atomic E-state index is 0.0620. The minimum atomic E-state index is -0.153. The molecule has 0 aliphatic carbocycles. The molecule has 8 heteroatoms. The monoisotopic (exact) mass is 577 g/mol. The van der Waals surface area contributed by atoms with Crippen LogP contribution in [0.1, 0.15) is 50.8 Å². The van der Waals surface area contributed by atoms with Gasteiger partial charge in [0.15, 0.2) is 0 Å². The van der Waals surface area contributed by atoms with Crippen molar-refractivity contribution in [1.82, 2.24) is 25.2 Å². The van der Waals surface area contributed by atoms with Crippen molar-refractivity contribution in [3.05, 3.63) is 136 Å². The first-order chi connectivity index (χ1) is 20.5. The van der Waals surface area contributed by atoms with E-state index in [-0.39, 0.29) is 11.9 Å². The second kappa shape index (κ2) is 12.6. The summed E-state index contributed by atoms with van der Waals surface area (Å²) in [5.74, 6) is 0.498. The molecule has 212 valence electrons. The van der Waals surface area contributed by atoms with E-state index in [1.807, 2.05) is 55.0 Å². The molecule has 5 aromatic rings. The highest BCUT2D eigenvalue weighted by molar-refractivity contribution is 6.30. The van der Waals surface area contributed by atoms with Gasteiger partial charge in [0.1, 0.15) is 5.75 Å². The van der Waals surface area contributed by atoms with E-state index in [9.17, 15) is 4.79 Å². The van der Waals surface area contributed by atoms with E-state index in [1.54, 1.807) is 12.4 Å². The van der Waals surface area contributed by atoms with Gasteiger partial charge in [-0.25, -0.2) is 4.98 Å². The lowest BCUT2D eigenvalue weighted by Crippen LogP contribution is -2.30. The number of amides is 1. The van der Waals surface area contributed by atoms with Crippen molar-refractivity contribution in [2.24, 2.45) is 0 Å². The van der Waals surface area contributed by atoms with E-state index in [1.165, 1.54) is 16.7 Å².